The summed E-state index contributed by atoms with van der Waals surface area (Å²) in [7, 11) is 1.60. The number of rotatable bonds is 3. The molecule has 1 aliphatic carbocycles. The molecule has 0 amide bonds. The average molecular weight is 259 g/mol. The van der Waals surface area contributed by atoms with Gasteiger partial charge in [0.25, 0.3) is 5.89 Å². The molecule has 2 aromatic rings. The molecule has 3 rings (SSSR count). The summed E-state index contributed by atoms with van der Waals surface area (Å²) in [6.45, 7) is 0. The van der Waals surface area contributed by atoms with Crippen molar-refractivity contribution in [2.24, 2.45) is 0 Å². The van der Waals surface area contributed by atoms with Crippen molar-refractivity contribution in [3.63, 3.8) is 0 Å². The van der Waals surface area contributed by atoms with Gasteiger partial charge in [-0.25, -0.2) is 0 Å². The van der Waals surface area contributed by atoms with Gasteiger partial charge in [-0.2, -0.15) is 4.98 Å². The van der Waals surface area contributed by atoms with Crippen LogP contribution in [0.3, 0.4) is 0 Å². The van der Waals surface area contributed by atoms with E-state index in [1.165, 1.54) is 12.8 Å². The van der Waals surface area contributed by atoms with Gasteiger partial charge in [0.2, 0.25) is 0 Å². The number of anilines is 1. The molecule has 100 valence electrons. The highest BCUT2D eigenvalue weighted by atomic mass is 16.5. The van der Waals surface area contributed by atoms with Crippen molar-refractivity contribution in [2.45, 2.75) is 31.6 Å². The van der Waals surface area contributed by atoms with Crippen molar-refractivity contribution in [2.75, 3.05) is 12.8 Å². The maximum atomic E-state index is 5.74. The third kappa shape index (κ3) is 2.28. The van der Waals surface area contributed by atoms with Gasteiger partial charge in [-0.05, 0) is 25.0 Å². The number of hydrogen-bond donors (Lipinski definition) is 1. The monoisotopic (exact) mass is 259 g/mol. The Morgan fingerprint density at radius 3 is 2.84 bits per heavy atom. The summed E-state index contributed by atoms with van der Waals surface area (Å²) in [4.78, 5) is 4.50. The van der Waals surface area contributed by atoms with Crippen molar-refractivity contribution >= 4 is 5.69 Å². The van der Waals surface area contributed by atoms with Crippen molar-refractivity contribution in [1.82, 2.24) is 10.1 Å². The van der Waals surface area contributed by atoms with Crippen molar-refractivity contribution in [3.05, 3.63) is 24.0 Å². The molecule has 1 saturated carbocycles. The van der Waals surface area contributed by atoms with E-state index in [2.05, 4.69) is 10.1 Å². The second-order valence-corrected chi connectivity index (χ2v) is 4.90. The van der Waals surface area contributed by atoms with Crippen LogP contribution < -0.4 is 10.5 Å². The molecule has 1 aliphatic rings. The average Bonchev–Trinajstić information content (AvgIpc) is 3.09. The molecule has 1 fully saturated rings. The van der Waals surface area contributed by atoms with E-state index >= 15 is 0 Å². The predicted molar refractivity (Wildman–Crippen MR) is 71.9 cm³/mol. The fourth-order valence-corrected chi connectivity index (χ4v) is 2.58. The van der Waals surface area contributed by atoms with Gasteiger partial charge in [0, 0.05) is 17.7 Å². The normalized spacial score (nSPS) is 15.8. The third-order valence-electron chi connectivity index (χ3n) is 3.62. The lowest BCUT2D eigenvalue weighted by molar-refractivity contribution is 0.400. The zero-order valence-corrected chi connectivity index (χ0v) is 10.9. The molecule has 1 aromatic carbocycles. The largest absolute Gasteiger partial charge is 0.496 e. The quantitative estimate of drug-likeness (QED) is 0.858. The van der Waals surface area contributed by atoms with Gasteiger partial charge in [0.05, 0.1) is 12.7 Å². The van der Waals surface area contributed by atoms with Crippen LogP contribution in [0.4, 0.5) is 5.69 Å². The lowest BCUT2D eigenvalue weighted by Gasteiger charge is -2.05. The van der Waals surface area contributed by atoms with Crippen LogP contribution in [0.1, 0.15) is 37.4 Å². The van der Waals surface area contributed by atoms with Crippen molar-refractivity contribution < 1.29 is 9.26 Å². The second-order valence-electron chi connectivity index (χ2n) is 4.90. The number of nitrogens with two attached hydrogens (primary N) is 1. The smallest absolute Gasteiger partial charge is 0.261 e. The van der Waals surface area contributed by atoms with Gasteiger partial charge in [-0.15, -0.1) is 0 Å². The molecule has 5 heteroatoms. The van der Waals surface area contributed by atoms with E-state index in [0.717, 1.165) is 24.2 Å². The van der Waals surface area contributed by atoms with Crippen LogP contribution in [0, 0.1) is 0 Å². The zero-order chi connectivity index (χ0) is 13.2. The van der Waals surface area contributed by atoms with Crippen LogP contribution in [0.2, 0.25) is 0 Å². The first kappa shape index (κ1) is 12.0. The summed E-state index contributed by atoms with van der Waals surface area (Å²) in [5, 5.41) is 4.10. The van der Waals surface area contributed by atoms with E-state index in [-0.39, 0.29) is 0 Å². The molecule has 1 heterocycles. The predicted octanol–water partition coefficient (Wildman–Crippen LogP) is 2.99. The summed E-state index contributed by atoms with van der Waals surface area (Å²) in [5.74, 6) is 2.41. The molecule has 0 atom stereocenters. The molecule has 0 spiro atoms. The third-order valence-corrected chi connectivity index (χ3v) is 3.62. The van der Waals surface area contributed by atoms with Crippen LogP contribution in [0.5, 0.6) is 5.75 Å². The Hall–Kier alpha value is -2.04. The molecule has 0 aliphatic heterocycles. The summed E-state index contributed by atoms with van der Waals surface area (Å²) >= 11 is 0. The molecule has 0 unspecified atom stereocenters. The SMILES string of the molecule is COc1cc(N)ccc1-c1nc(C2CCCC2)no1. The van der Waals surface area contributed by atoms with E-state index in [4.69, 9.17) is 15.0 Å². The van der Waals surface area contributed by atoms with Gasteiger partial charge in [-0.1, -0.05) is 18.0 Å². The Morgan fingerprint density at radius 2 is 2.11 bits per heavy atom. The lowest BCUT2D eigenvalue weighted by Crippen LogP contribution is -1.95. The van der Waals surface area contributed by atoms with Crippen LogP contribution in [0.15, 0.2) is 22.7 Å². The minimum absolute atomic E-state index is 0.442. The molecule has 0 radical (unpaired) electrons. The highest BCUT2D eigenvalue weighted by Gasteiger charge is 2.23. The zero-order valence-electron chi connectivity index (χ0n) is 10.9. The Labute approximate surface area is 111 Å². The van der Waals surface area contributed by atoms with Gasteiger partial charge >= 0.3 is 0 Å². The standard InChI is InChI=1S/C14H17N3O2/c1-18-12-8-10(15)6-7-11(12)14-16-13(17-19-14)9-4-2-3-5-9/h6-9H,2-5,15H2,1H3. The number of methoxy groups -OCH3 is 1. The number of nitrogen functional groups attached to an aromatic ring is 1. The van der Waals surface area contributed by atoms with Gasteiger partial charge < -0.3 is 15.0 Å². The number of aromatic nitrogens is 2. The lowest BCUT2D eigenvalue weighted by atomic mass is 10.1. The van der Waals surface area contributed by atoms with Crippen molar-refractivity contribution in [3.8, 4) is 17.2 Å². The Bertz CT molecular complexity index is 574. The summed E-state index contributed by atoms with van der Waals surface area (Å²) in [6.07, 6.45) is 4.80. The van der Waals surface area contributed by atoms with E-state index in [0.29, 0.717) is 23.2 Å². The first-order valence-corrected chi connectivity index (χ1v) is 6.55. The fourth-order valence-electron chi connectivity index (χ4n) is 2.58. The number of ether oxygens (including phenoxy) is 1. The first-order chi connectivity index (χ1) is 9.28. The summed E-state index contributed by atoms with van der Waals surface area (Å²) in [6, 6.07) is 5.41. The Balaban J connectivity index is 1.93. The number of nitrogens with zero attached hydrogens (tertiary/aromatic N) is 2. The molecule has 1 aromatic heterocycles. The van der Waals surface area contributed by atoms with E-state index in [9.17, 15) is 0 Å². The first-order valence-electron chi connectivity index (χ1n) is 6.55. The molecular weight excluding hydrogens is 242 g/mol. The second kappa shape index (κ2) is 4.91. The maximum absolute atomic E-state index is 5.74. The molecule has 0 saturated heterocycles. The van der Waals surface area contributed by atoms with Gasteiger partial charge in [-0.3, -0.25) is 0 Å². The highest BCUT2D eigenvalue weighted by molar-refractivity contribution is 5.66. The molecule has 5 nitrogen and oxygen atoms in total. The topological polar surface area (TPSA) is 74.2 Å². The minimum Gasteiger partial charge on any atom is -0.496 e. The molecule has 19 heavy (non-hydrogen) atoms. The summed E-state index contributed by atoms with van der Waals surface area (Å²) < 4.78 is 10.7. The number of hydrogen-bond acceptors (Lipinski definition) is 5. The van der Waals surface area contributed by atoms with Crippen LogP contribution in [0.25, 0.3) is 11.5 Å². The maximum Gasteiger partial charge on any atom is 0.261 e. The van der Waals surface area contributed by atoms with E-state index in [1.54, 1.807) is 19.2 Å². The number of benzene rings is 1. The minimum atomic E-state index is 0.442. The van der Waals surface area contributed by atoms with Gasteiger partial charge in [0.1, 0.15) is 5.75 Å². The molecule has 2 N–H and O–H groups in total. The van der Waals surface area contributed by atoms with Crippen molar-refractivity contribution in [1.29, 1.82) is 0 Å². The molecular formula is C14H17N3O2. The van der Waals surface area contributed by atoms with E-state index < -0.39 is 0 Å². The fraction of sp³-hybridized carbons (Fsp3) is 0.429. The van der Waals surface area contributed by atoms with E-state index in [1.807, 2.05) is 6.07 Å². The highest BCUT2D eigenvalue weighted by Crippen LogP contribution is 2.35. The Morgan fingerprint density at radius 1 is 1.32 bits per heavy atom. The molecule has 0 bridgehead atoms. The van der Waals surface area contributed by atoms with Gasteiger partial charge in [0.15, 0.2) is 5.82 Å². The van der Waals surface area contributed by atoms with Crippen LogP contribution in [-0.2, 0) is 0 Å². The Kier molecular flexibility index (Phi) is 3.11. The van der Waals surface area contributed by atoms with Crippen LogP contribution in [-0.4, -0.2) is 17.3 Å². The summed E-state index contributed by atoms with van der Waals surface area (Å²) in [5.41, 5.74) is 7.17. The van der Waals surface area contributed by atoms with Crippen LogP contribution >= 0.6 is 0 Å².